The molecule has 1 aromatic heterocycles. The van der Waals surface area contributed by atoms with Crippen LogP contribution in [-0.4, -0.2) is 22.2 Å². The molecule has 84 valence electrons. The first-order valence-electron chi connectivity index (χ1n) is 4.49. The maximum atomic E-state index is 10.4. The fraction of sp³-hybridized carbons (Fsp3) is 0.444. The summed E-state index contributed by atoms with van der Waals surface area (Å²) in [4.78, 5) is 10.4. The van der Waals surface area contributed by atoms with Crippen LogP contribution in [0.15, 0.2) is 24.5 Å². The maximum Gasteiger partial charge on any atom is 0.320 e. The average Bonchev–Trinajstić information content (AvgIpc) is 2.19. The Kier molecular flexibility index (Phi) is 6.81. The monoisotopic (exact) mass is 275 g/mol. The second-order valence-electron chi connectivity index (χ2n) is 3.05. The molecule has 1 rings (SSSR count). The van der Waals surface area contributed by atoms with Crippen LogP contribution in [0.5, 0.6) is 0 Å². The first kappa shape index (κ1) is 14.0. The standard InChI is InChI=1S/C9H13N3O2.BrH/c10-8(9(13)14)4-3-7-12-6-2-1-5-11-12;/h1-2,5-6,8H,3-4,7,10H2;1H/t8-;/m0./s1. The molecule has 6 heteroatoms. The number of halogens is 1. The van der Waals surface area contributed by atoms with Gasteiger partial charge >= 0.3 is 5.97 Å². The highest BCUT2D eigenvalue weighted by Gasteiger charge is 2.11. The lowest BCUT2D eigenvalue weighted by molar-refractivity contribution is -0.754. The summed E-state index contributed by atoms with van der Waals surface area (Å²) in [5.74, 6) is -0.948. The van der Waals surface area contributed by atoms with Crippen LogP contribution in [0, 0.1) is 0 Å². The molecule has 1 heterocycles. The summed E-state index contributed by atoms with van der Waals surface area (Å²) >= 11 is 0. The highest BCUT2D eigenvalue weighted by atomic mass is 79.9. The number of nitrogens with two attached hydrogens (primary N) is 1. The Morgan fingerprint density at radius 1 is 1.53 bits per heavy atom. The maximum absolute atomic E-state index is 10.4. The van der Waals surface area contributed by atoms with Crippen molar-refractivity contribution in [2.45, 2.75) is 25.4 Å². The van der Waals surface area contributed by atoms with Crippen molar-refractivity contribution < 1.29 is 31.6 Å². The number of hydrogen-bond acceptors (Lipinski definition) is 3. The number of rotatable bonds is 5. The molecule has 0 fully saturated rings. The van der Waals surface area contributed by atoms with E-state index in [-0.39, 0.29) is 17.0 Å². The minimum Gasteiger partial charge on any atom is -1.00 e. The van der Waals surface area contributed by atoms with Crippen molar-refractivity contribution in [3.05, 3.63) is 24.5 Å². The van der Waals surface area contributed by atoms with Crippen LogP contribution in [0.25, 0.3) is 0 Å². The molecule has 0 aliphatic heterocycles. The van der Waals surface area contributed by atoms with Crippen LogP contribution < -0.4 is 27.4 Å². The van der Waals surface area contributed by atoms with Crippen molar-refractivity contribution in [3.63, 3.8) is 0 Å². The Bertz CT molecular complexity index is 295. The van der Waals surface area contributed by atoms with Crippen molar-refractivity contribution in [3.8, 4) is 0 Å². The molecule has 5 nitrogen and oxygen atoms in total. The van der Waals surface area contributed by atoms with E-state index in [0.29, 0.717) is 13.0 Å². The quantitative estimate of drug-likeness (QED) is 0.549. The highest BCUT2D eigenvalue weighted by Crippen LogP contribution is 1.93. The predicted octanol–water partition coefficient (Wildman–Crippen LogP) is -3.43. The van der Waals surface area contributed by atoms with Crippen LogP contribution in [0.4, 0.5) is 0 Å². The second kappa shape index (κ2) is 7.30. The molecule has 0 unspecified atom stereocenters. The van der Waals surface area contributed by atoms with Gasteiger partial charge in [-0.15, -0.1) is 0 Å². The van der Waals surface area contributed by atoms with E-state index in [4.69, 9.17) is 10.8 Å². The number of aryl methyl sites for hydroxylation is 1. The Balaban J connectivity index is 0.00000196. The molecule has 0 radical (unpaired) electrons. The molecule has 0 bridgehead atoms. The third kappa shape index (κ3) is 5.44. The highest BCUT2D eigenvalue weighted by molar-refractivity contribution is 5.72. The van der Waals surface area contributed by atoms with Gasteiger partial charge in [0.2, 0.25) is 0 Å². The lowest BCUT2D eigenvalue weighted by Gasteiger charge is -2.02. The fourth-order valence-electron chi connectivity index (χ4n) is 1.09. The number of aliphatic carboxylic acids is 1. The summed E-state index contributed by atoms with van der Waals surface area (Å²) < 4.78 is 1.76. The van der Waals surface area contributed by atoms with Gasteiger partial charge in [0.15, 0.2) is 12.7 Å². The van der Waals surface area contributed by atoms with Gasteiger partial charge in [0.1, 0.15) is 6.04 Å². The molecular weight excluding hydrogens is 262 g/mol. The summed E-state index contributed by atoms with van der Waals surface area (Å²) in [6.45, 7) is 0.696. The Morgan fingerprint density at radius 3 is 2.80 bits per heavy atom. The molecule has 1 atom stereocenters. The summed E-state index contributed by atoms with van der Waals surface area (Å²) in [6.07, 6.45) is 4.72. The molecule has 0 aromatic carbocycles. The molecule has 0 saturated heterocycles. The zero-order valence-electron chi connectivity index (χ0n) is 8.21. The fourth-order valence-corrected chi connectivity index (χ4v) is 1.09. The molecule has 3 N–H and O–H groups in total. The molecule has 15 heavy (non-hydrogen) atoms. The van der Waals surface area contributed by atoms with Gasteiger partial charge in [-0.1, -0.05) is 4.68 Å². The number of aromatic nitrogens is 2. The van der Waals surface area contributed by atoms with E-state index in [1.54, 1.807) is 10.9 Å². The van der Waals surface area contributed by atoms with Gasteiger partial charge in [0.25, 0.3) is 0 Å². The smallest absolute Gasteiger partial charge is 0.320 e. The Labute approximate surface area is 98.7 Å². The van der Waals surface area contributed by atoms with E-state index < -0.39 is 12.0 Å². The van der Waals surface area contributed by atoms with Crippen LogP contribution >= 0.6 is 0 Å². The van der Waals surface area contributed by atoms with E-state index >= 15 is 0 Å². The van der Waals surface area contributed by atoms with Crippen molar-refractivity contribution >= 4 is 5.97 Å². The lowest BCUT2D eigenvalue weighted by atomic mass is 10.2. The Hall–Kier alpha value is -1.01. The van der Waals surface area contributed by atoms with E-state index in [9.17, 15) is 4.79 Å². The lowest BCUT2D eigenvalue weighted by Crippen LogP contribution is -3.00. The van der Waals surface area contributed by atoms with Crippen molar-refractivity contribution in [1.82, 2.24) is 5.10 Å². The first-order valence-corrected chi connectivity index (χ1v) is 4.49. The molecule has 0 spiro atoms. The van der Waals surface area contributed by atoms with Gasteiger partial charge < -0.3 is 27.8 Å². The number of nitrogens with zero attached hydrogens (tertiary/aromatic N) is 2. The van der Waals surface area contributed by atoms with Gasteiger partial charge in [0, 0.05) is 12.5 Å². The first-order chi connectivity index (χ1) is 6.70. The van der Waals surface area contributed by atoms with Crippen molar-refractivity contribution in [2.75, 3.05) is 0 Å². The van der Waals surface area contributed by atoms with Gasteiger partial charge in [-0.05, 0) is 17.6 Å². The van der Waals surface area contributed by atoms with Crippen LogP contribution in [0.3, 0.4) is 0 Å². The molecule has 1 aromatic rings. The molecule has 0 saturated carbocycles. The average molecular weight is 276 g/mol. The normalized spacial score (nSPS) is 11.5. The zero-order valence-corrected chi connectivity index (χ0v) is 9.80. The third-order valence-corrected chi connectivity index (χ3v) is 1.89. The van der Waals surface area contributed by atoms with Crippen LogP contribution in [0.1, 0.15) is 12.8 Å². The number of carboxylic acid groups (broad SMARTS) is 1. The van der Waals surface area contributed by atoms with Gasteiger partial charge in [-0.2, -0.15) is 0 Å². The van der Waals surface area contributed by atoms with Gasteiger partial charge in [-0.3, -0.25) is 4.79 Å². The van der Waals surface area contributed by atoms with Crippen molar-refractivity contribution in [2.24, 2.45) is 5.73 Å². The second-order valence-corrected chi connectivity index (χ2v) is 3.05. The zero-order chi connectivity index (χ0) is 10.4. The van der Waals surface area contributed by atoms with Gasteiger partial charge in [-0.25, -0.2) is 0 Å². The summed E-state index contributed by atoms with van der Waals surface area (Å²) in [6, 6.07) is 2.95. The Morgan fingerprint density at radius 2 is 2.27 bits per heavy atom. The summed E-state index contributed by atoms with van der Waals surface area (Å²) in [7, 11) is 0. The molecule has 0 aliphatic rings. The van der Waals surface area contributed by atoms with E-state index in [1.807, 2.05) is 18.3 Å². The minimum atomic E-state index is -0.948. The largest absolute Gasteiger partial charge is 1.00 e. The topological polar surface area (TPSA) is 80.1 Å². The van der Waals surface area contributed by atoms with Crippen LogP contribution in [-0.2, 0) is 11.3 Å². The third-order valence-electron chi connectivity index (χ3n) is 1.89. The summed E-state index contributed by atoms with van der Waals surface area (Å²) in [5, 5.41) is 12.6. The molecular formula is C9H14BrN3O2. The van der Waals surface area contributed by atoms with E-state index in [0.717, 1.165) is 6.42 Å². The van der Waals surface area contributed by atoms with Gasteiger partial charge in [0.05, 0.1) is 6.20 Å². The number of carboxylic acids is 1. The van der Waals surface area contributed by atoms with Crippen molar-refractivity contribution in [1.29, 1.82) is 0 Å². The van der Waals surface area contributed by atoms with Crippen LogP contribution in [0.2, 0.25) is 0 Å². The molecule has 0 aliphatic carbocycles. The summed E-state index contributed by atoms with van der Waals surface area (Å²) in [5.41, 5.74) is 5.35. The number of carbonyl (C=O) groups is 1. The predicted molar refractivity (Wildman–Crippen MR) is 49.3 cm³/mol. The van der Waals surface area contributed by atoms with E-state index in [1.165, 1.54) is 0 Å². The minimum absolute atomic E-state index is 0. The van der Waals surface area contributed by atoms with E-state index in [2.05, 4.69) is 5.10 Å². The number of hydrogen-bond donors (Lipinski definition) is 2. The molecule has 0 amide bonds. The SMILES string of the molecule is N[C@@H](CCC[n+]1ccccn1)C(=O)O.[Br-].